The Labute approximate surface area is 120 Å². The summed E-state index contributed by atoms with van der Waals surface area (Å²) in [6.45, 7) is 8.54. The molecular weight excluding hydrogens is 259 g/mol. The van der Waals surface area contributed by atoms with E-state index in [9.17, 15) is 9.18 Å². The molecule has 2 aliphatic heterocycles. The highest BCUT2D eigenvalue weighted by Crippen LogP contribution is 2.36. The quantitative estimate of drug-likeness (QED) is 0.806. The number of halogens is 1. The maximum atomic E-state index is 13.8. The lowest BCUT2D eigenvalue weighted by molar-refractivity contribution is -0.0191. The normalized spacial score (nSPS) is 30.5. The van der Waals surface area contributed by atoms with Crippen LogP contribution in [0, 0.1) is 5.41 Å². The Bertz CT molecular complexity index is 348. The van der Waals surface area contributed by atoms with Gasteiger partial charge in [-0.25, -0.2) is 9.18 Å². The SMILES string of the molecule is CC(C)(C)C1CC(F)CCN1C1CCN(C(=O)O)CC1. The van der Waals surface area contributed by atoms with E-state index in [-0.39, 0.29) is 11.5 Å². The summed E-state index contributed by atoms with van der Waals surface area (Å²) in [4.78, 5) is 14.9. The van der Waals surface area contributed by atoms with Crippen LogP contribution in [0.15, 0.2) is 0 Å². The lowest BCUT2D eigenvalue weighted by atomic mass is 9.78. The van der Waals surface area contributed by atoms with Gasteiger partial charge in [0.25, 0.3) is 0 Å². The molecule has 1 amide bonds. The molecule has 0 spiro atoms. The fraction of sp³-hybridized carbons (Fsp3) is 0.933. The molecule has 1 N–H and O–H groups in total. The number of likely N-dealkylation sites (tertiary alicyclic amines) is 2. The summed E-state index contributed by atoms with van der Waals surface area (Å²) in [6, 6.07) is 0.662. The standard InChI is InChI=1S/C15H27FN2O2/c1-15(2,3)13-10-11(16)4-9-18(13)12-5-7-17(8-6-12)14(19)20/h11-13H,4-10H2,1-3H3,(H,19,20). The average Bonchev–Trinajstić information content (AvgIpc) is 2.38. The number of piperidine rings is 2. The lowest BCUT2D eigenvalue weighted by Gasteiger charge is -2.49. The summed E-state index contributed by atoms with van der Waals surface area (Å²) in [7, 11) is 0. The number of carbonyl (C=O) groups is 1. The fourth-order valence-corrected chi connectivity index (χ4v) is 3.62. The molecule has 2 saturated heterocycles. The van der Waals surface area contributed by atoms with Gasteiger partial charge in [-0.3, -0.25) is 4.90 Å². The smallest absolute Gasteiger partial charge is 0.407 e. The van der Waals surface area contributed by atoms with Crippen molar-refractivity contribution in [2.75, 3.05) is 19.6 Å². The molecule has 2 aliphatic rings. The second kappa shape index (κ2) is 5.88. The Morgan fingerprint density at radius 1 is 1.15 bits per heavy atom. The summed E-state index contributed by atoms with van der Waals surface area (Å²) in [6.07, 6.45) is 1.47. The molecule has 0 saturated carbocycles. The van der Waals surface area contributed by atoms with Gasteiger partial charge in [-0.2, -0.15) is 0 Å². The van der Waals surface area contributed by atoms with E-state index >= 15 is 0 Å². The molecule has 0 aromatic rings. The third-order valence-electron chi connectivity index (χ3n) is 4.78. The largest absolute Gasteiger partial charge is 0.465 e. The minimum Gasteiger partial charge on any atom is -0.465 e. The molecule has 0 aromatic heterocycles. The van der Waals surface area contributed by atoms with Gasteiger partial charge in [0.1, 0.15) is 6.17 Å². The predicted molar refractivity (Wildman–Crippen MR) is 76.7 cm³/mol. The summed E-state index contributed by atoms with van der Waals surface area (Å²) in [5.41, 5.74) is 0.0642. The molecule has 4 nitrogen and oxygen atoms in total. The van der Waals surface area contributed by atoms with Crippen molar-refractivity contribution in [3.05, 3.63) is 0 Å². The van der Waals surface area contributed by atoms with Crippen molar-refractivity contribution in [3.63, 3.8) is 0 Å². The van der Waals surface area contributed by atoms with Crippen LogP contribution in [0.4, 0.5) is 9.18 Å². The minimum atomic E-state index is -0.821. The summed E-state index contributed by atoms with van der Waals surface area (Å²) >= 11 is 0. The molecule has 2 atom stereocenters. The Morgan fingerprint density at radius 3 is 2.25 bits per heavy atom. The first-order valence-corrected chi connectivity index (χ1v) is 7.66. The summed E-state index contributed by atoms with van der Waals surface area (Å²) in [5.74, 6) is 0. The Hall–Kier alpha value is -0.840. The van der Waals surface area contributed by atoms with E-state index in [1.807, 2.05) is 0 Å². The highest BCUT2D eigenvalue weighted by atomic mass is 19.1. The number of hydrogen-bond donors (Lipinski definition) is 1. The zero-order valence-electron chi connectivity index (χ0n) is 12.8. The van der Waals surface area contributed by atoms with Crippen LogP contribution >= 0.6 is 0 Å². The van der Waals surface area contributed by atoms with Crippen LogP contribution in [0.5, 0.6) is 0 Å². The van der Waals surface area contributed by atoms with Crippen molar-refractivity contribution in [2.24, 2.45) is 5.41 Å². The lowest BCUT2D eigenvalue weighted by Crippen LogP contribution is -2.56. The van der Waals surface area contributed by atoms with Crippen LogP contribution in [0.1, 0.15) is 46.5 Å². The number of carboxylic acid groups (broad SMARTS) is 1. The van der Waals surface area contributed by atoms with E-state index in [0.29, 0.717) is 32.0 Å². The van der Waals surface area contributed by atoms with E-state index in [4.69, 9.17) is 5.11 Å². The number of nitrogens with zero attached hydrogens (tertiary/aromatic N) is 2. The van der Waals surface area contributed by atoms with Crippen LogP contribution in [-0.4, -0.2) is 58.9 Å². The van der Waals surface area contributed by atoms with Gasteiger partial charge in [0.2, 0.25) is 0 Å². The van der Waals surface area contributed by atoms with Gasteiger partial charge in [-0.1, -0.05) is 20.8 Å². The zero-order valence-corrected chi connectivity index (χ0v) is 12.8. The predicted octanol–water partition coefficient (Wildman–Crippen LogP) is 2.98. The number of amides is 1. The van der Waals surface area contributed by atoms with Gasteiger partial charge >= 0.3 is 6.09 Å². The molecule has 2 unspecified atom stereocenters. The van der Waals surface area contributed by atoms with Crippen molar-refractivity contribution in [2.45, 2.75) is 64.7 Å². The minimum absolute atomic E-state index is 0.0642. The average molecular weight is 286 g/mol. The Morgan fingerprint density at radius 2 is 1.75 bits per heavy atom. The molecule has 0 aliphatic carbocycles. The molecule has 0 bridgehead atoms. The van der Waals surface area contributed by atoms with E-state index in [0.717, 1.165) is 19.4 Å². The number of rotatable bonds is 1. The maximum absolute atomic E-state index is 13.8. The van der Waals surface area contributed by atoms with Crippen molar-refractivity contribution in [1.29, 1.82) is 0 Å². The molecular formula is C15H27FN2O2. The van der Waals surface area contributed by atoms with Crippen molar-refractivity contribution in [1.82, 2.24) is 9.80 Å². The van der Waals surface area contributed by atoms with Crippen LogP contribution in [0.3, 0.4) is 0 Å². The van der Waals surface area contributed by atoms with Crippen LogP contribution in [0.25, 0.3) is 0 Å². The highest BCUT2D eigenvalue weighted by Gasteiger charge is 2.40. The third kappa shape index (κ3) is 3.43. The molecule has 20 heavy (non-hydrogen) atoms. The molecule has 5 heteroatoms. The van der Waals surface area contributed by atoms with E-state index in [1.54, 1.807) is 0 Å². The van der Waals surface area contributed by atoms with Gasteiger partial charge in [-0.05, 0) is 31.1 Å². The molecule has 2 fully saturated rings. The first-order valence-electron chi connectivity index (χ1n) is 7.66. The van der Waals surface area contributed by atoms with Crippen molar-refractivity contribution < 1.29 is 14.3 Å². The van der Waals surface area contributed by atoms with Crippen LogP contribution < -0.4 is 0 Å². The van der Waals surface area contributed by atoms with Crippen molar-refractivity contribution in [3.8, 4) is 0 Å². The molecule has 0 aromatic carbocycles. The van der Waals surface area contributed by atoms with Crippen LogP contribution in [0.2, 0.25) is 0 Å². The highest BCUT2D eigenvalue weighted by molar-refractivity contribution is 5.65. The van der Waals surface area contributed by atoms with Gasteiger partial charge in [-0.15, -0.1) is 0 Å². The molecule has 116 valence electrons. The fourth-order valence-electron chi connectivity index (χ4n) is 3.62. The van der Waals surface area contributed by atoms with Crippen LogP contribution in [-0.2, 0) is 0 Å². The second-order valence-electron chi connectivity index (χ2n) is 7.24. The number of alkyl halides is 1. The Balaban J connectivity index is 2.01. The first-order chi connectivity index (χ1) is 9.29. The van der Waals surface area contributed by atoms with E-state index in [2.05, 4.69) is 25.7 Å². The molecule has 2 heterocycles. The molecule has 0 radical (unpaired) electrons. The summed E-state index contributed by atoms with van der Waals surface area (Å²) < 4.78 is 13.8. The topological polar surface area (TPSA) is 43.8 Å². The second-order valence-corrected chi connectivity index (χ2v) is 7.24. The third-order valence-corrected chi connectivity index (χ3v) is 4.78. The monoisotopic (exact) mass is 286 g/mol. The number of hydrogen-bond acceptors (Lipinski definition) is 2. The zero-order chi connectivity index (χ0) is 14.9. The molecule has 2 rings (SSSR count). The van der Waals surface area contributed by atoms with Gasteiger partial charge < -0.3 is 10.0 Å². The van der Waals surface area contributed by atoms with Gasteiger partial charge in [0, 0.05) is 31.7 Å². The van der Waals surface area contributed by atoms with Crippen molar-refractivity contribution >= 4 is 6.09 Å². The van der Waals surface area contributed by atoms with E-state index in [1.165, 1.54) is 4.90 Å². The first kappa shape index (κ1) is 15.5. The van der Waals surface area contributed by atoms with E-state index < -0.39 is 12.3 Å². The van der Waals surface area contributed by atoms with Gasteiger partial charge in [0.05, 0.1) is 0 Å². The van der Waals surface area contributed by atoms with Gasteiger partial charge in [0.15, 0.2) is 0 Å². The summed E-state index contributed by atoms with van der Waals surface area (Å²) in [5, 5.41) is 9.01. The maximum Gasteiger partial charge on any atom is 0.407 e. The Kier molecular flexibility index (Phi) is 4.57.